The van der Waals surface area contributed by atoms with Gasteiger partial charge in [-0.1, -0.05) is 18.2 Å². The fourth-order valence-electron chi connectivity index (χ4n) is 1.41. The summed E-state index contributed by atoms with van der Waals surface area (Å²) in [5.41, 5.74) is 7.56. The van der Waals surface area contributed by atoms with Gasteiger partial charge in [0.1, 0.15) is 11.3 Å². The van der Waals surface area contributed by atoms with Gasteiger partial charge in [0.05, 0.1) is 0 Å². The molecule has 0 amide bonds. The molecule has 12 heavy (non-hydrogen) atoms. The van der Waals surface area contributed by atoms with Crippen molar-refractivity contribution in [1.82, 2.24) is 0 Å². The second-order valence-electron chi connectivity index (χ2n) is 2.90. The van der Waals surface area contributed by atoms with E-state index in [0.29, 0.717) is 6.54 Å². The van der Waals surface area contributed by atoms with Gasteiger partial charge >= 0.3 is 0 Å². The van der Waals surface area contributed by atoms with Crippen LogP contribution < -0.4 is 5.73 Å². The minimum Gasteiger partial charge on any atom is -0.461 e. The van der Waals surface area contributed by atoms with Crippen molar-refractivity contribution in [3.05, 3.63) is 35.6 Å². The summed E-state index contributed by atoms with van der Waals surface area (Å²) in [7, 11) is 0. The van der Waals surface area contributed by atoms with Gasteiger partial charge in [-0.3, -0.25) is 0 Å². The first-order valence-corrected chi connectivity index (χ1v) is 3.99. The Balaban J connectivity index is 2.78. The normalized spacial score (nSPS) is 10.8. The molecule has 0 fully saturated rings. The van der Waals surface area contributed by atoms with Crippen LogP contribution in [-0.2, 0) is 6.54 Å². The van der Waals surface area contributed by atoms with Gasteiger partial charge < -0.3 is 10.2 Å². The van der Waals surface area contributed by atoms with Crippen molar-refractivity contribution in [3.63, 3.8) is 0 Å². The lowest BCUT2D eigenvalue weighted by Gasteiger charge is -1.95. The van der Waals surface area contributed by atoms with Crippen molar-refractivity contribution in [3.8, 4) is 0 Å². The van der Waals surface area contributed by atoms with Crippen molar-refractivity contribution in [2.45, 2.75) is 13.5 Å². The lowest BCUT2D eigenvalue weighted by Crippen LogP contribution is -1.95. The molecule has 1 aromatic carbocycles. The van der Waals surface area contributed by atoms with Crippen LogP contribution in [0.5, 0.6) is 0 Å². The second-order valence-corrected chi connectivity index (χ2v) is 2.90. The Kier molecular flexibility index (Phi) is 1.62. The molecule has 0 bridgehead atoms. The van der Waals surface area contributed by atoms with E-state index in [4.69, 9.17) is 10.2 Å². The summed E-state index contributed by atoms with van der Waals surface area (Å²) >= 11 is 0. The van der Waals surface area contributed by atoms with E-state index in [9.17, 15) is 0 Å². The van der Waals surface area contributed by atoms with Gasteiger partial charge in [0.2, 0.25) is 0 Å². The van der Waals surface area contributed by atoms with Crippen molar-refractivity contribution in [2.24, 2.45) is 5.73 Å². The third-order valence-corrected chi connectivity index (χ3v) is 1.97. The Morgan fingerprint density at radius 2 is 2.25 bits per heavy atom. The van der Waals surface area contributed by atoms with Gasteiger partial charge in [-0.25, -0.2) is 0 Å². The maximum Gasteiger partial charge on any atom is 0.138 e. The van der Waals surface area contributed by atoms with Crippen molar-refractivity contribution in [2.75, 3.05) is 0 Å². The van der Waals surface area contributed by atoms with Gasteiger partial charge in [0, 0.05) is 17.5 Å². The standard InChI is InChI=1S/C10H11NO/c1-7-5-8-3-2-4-9(6-11)10(8)12-7/h2-5H,6,11H2,1H3. The van der Waals surface area contributed by atoms with Crippen LogP contribution in [-0.4, -0.2) is 0 Å². The van der Waals surface area contributed by atoms with Crippen LogP contribution in [0, 0.1) is 6.92 Å². The van der Waals surface area contributed by atoms with Crippen molar-refractivity contribution < 1.29 is 4.42 Å². The first-order chi connectivity index (χ1) is 5.81. The highest BCUT2D eigenvalue weighted by Crippen LogP contribution is 2.21. The summed E-state index contributed by atoms with van der Waals surface area (Å²) in [6.45, 7) is 2.48. The van der Waals surface area contributed by atoms with Crippen LogP contribution in [0.15, 0.2) is 28.7 Å². The van der Waals surface area contributed by atoms with E-state index < -0.39 is 0 Å². The number of aryl methyl sites for hydroxylation is 1. The molecule has 0 aliphatic carbocycles. The van der Waals surface area contributed by atoms with Crippen LogP contribution in [0.4, 0.5) is 0 Å². The SMILES string of the molecule is Cc1cc2cccc(CN)c2o1. The molecule has 2 rings (SSSR count). The van der Waals surface area contributed by atoms with E-state index in [2.05, 4.69) is 0 Å². The van der Waals surface area contributed by atoms with Crippen molar-refractivity contribution in [1.29, 1.82) is 0 Å². The largest absolute Gasteiger partial charge is 0.461 e. The number of rotatable bonds is 1. The van der Waals surface area contributed by atoms with Gasteiger partial charge in [0.15, 0.2) is 0 Å². The third kappa shape index (κ3) is 1.01. The molecular formula is C10H11NO. The molecule has 1 heterocycles. The zero-order valence-corrected chi connectivity index (χ0v) is 7.00. The Bertz CT molecular complexity index is 403. The lowest BCUT2D eigenvalue weighted by molar-refractivity contribution is 0.574. The quantitative estimate of drug-likeness (QED) is 0.696. The number of para-hydroxylation sites is 1. The number of furan rings is 1. The van der Waals surface area contributed by atoms with Gasteiger partial charge in [-0.2, -0.15) is 0 Å². The Morgan fingerprint density at radius 1 is 1.42 bits per heavy atom. The predicted octanol–water partition coefficient (Wildman–Crippen LogP) is 2.20. The van der Waals surface area contributed by atoms with Gasteiger partial charge in [-0.15, -0.1) is 0 Å². The highest BCUT2D eigenvalue weighted by atomic mass is 16.3. The highest BCUT2D eigenvalue weighted by Gasteiger charge is 2.03. The zero-order valence-electron chi connectivity index (χ0n) is 7.00. The monoisotopic (exact) mass is 161 g/mol. The molecule has 2 N–H and O–H groups in total. The fourth-order valence-corrected chi connectivity index (χ4v) is 1.41. The number of nitrogens with two attached hydrogens (primary N) is 1. The molecule has 0 saturated carbocycles. The topological polar surface area (TPSA) is 39.2 Å². The minimum absolute atomic E-state index is 0.532. The highest BCUT2D eigenvalue weighted by molar-refractivity contribution is 5.81. The maximum atomic E-state index is 5.57. The Labute approximate surface area is 71.0 Å². The predicted molar refractivity (Wildman–Crippen MR) is 48.8 cm³/mol. The summed E-state index contributed by atoms with van der Waals surface area (Å²) < 4.78 is 5.51. The first-order valence-electron chi connectivity index (χ1n) is 3.99. The zero-order chi connectivity index (χ0) is 8.55. The molecule has 0 aliphatic heterocycles. The first kappa shape index (κ1) is 7.37. The summed E-state index contributed by atoms with van der Waals surface area (Å²) in [6.07, 6.45) is 0. The molecule has 0 atom stereocenters. The molecule has 0 radical (unpaired) electrons. The van der Waals surface area contributed by atoms with Crippen LogP contribution in [0.25, 0.3) is 11.0 Å². The number of hydrogen-bond acceptors (Lipinski definition) is 2. The molecular weight excluding hydrogens is 150 g/mol. The molecule has 0 saturated heterocycles. The molecule has 2 nitrogen and oxygen atoms in total. The van der Waals surface area contributed by atoms with Crippen LogP contribution in [0.2, 0.25) is 0 Å². The van der Waals surface area contributed by atoms with Gasteiger partial charge in [-0.05, 0) is 13.0 Å². The fraction of sp³-hybridized carbons (Fsp3) is 0.200. The van der Waals surface area contributed by atoms with E-state index >= 15 is 0 Å². The molecule has 1 aromatic heterocycles. The molecule has 0 spiro atoms. The number of hydrogen-bond donors (Lipinski definition) is 1. The summed E-state index contributed by atoms with van der Waals surface area (Å²) in [5, 5.41) is 1.13. The summed E-state index contributed by atoms with van der Waals surface area (Å²) in [6, 6.07) is 8.05. The Morgan fingerprint density at radius 3 is 3.00 bits per heavy atom. The van der Waals surface area contributed by atoms with E-state index in [1.165, 1.54) is 0 Å². The molecule has 0 aliphatic rings. The Hall–Kier alpha value is -1.28. The van der Waals surface area contributed by atoms with Crippen molar-refractivity contribution >= 4 is 11.0 Å². The van der Waals surface area contributed by atoms with Crippen LogP contribution >= 0.6 is 0 Å². The molecule has 2 heteroatoms. The van der Waals surface area contributed by atoms with E-state index in [0.717, 1.165) is 22.3 Å². The average molecular weight is 161 g/mol. The van der Waals surface area contributed by atoms with Crippen LogP contribution in [0.3, 0.4) is 0 Å². The molecule has 0 unspecified atom stereocenters. The van der Waals surface area contributed by atoms with E-state index in [1.54, 1.807) is 0 Å². The number of fused-ring (bicyclic) bond motifs is 1. The minimum atomic E-state index is 0.532. The van der Waals surface area contributed by atoms with E-state index in [1.807, 2.05) is 31.2 Å². The maximum absolute atomic E-state index is 5.57. The van der Waals surface area contributed by atoms with Crippen LogP contribution in [0.1, 0.15) is 11.3 Å². The smallest absolute Gasteiger partial charge is 0.138 e. The molecule has 2 aromatic rings. The van der Waals surface area contributed by atoms with E-state index in [-0.39, 0.29) is 0 Å². The van der Waals surface area contributed by atoms with Gasteiger partial charge in [0.25, 0.3) is 0 Å². The summed E-state index contributed by atoms with van der Waals surface area (Å²) in [5.74, 6) is 0.936. The average Bonchev–Trinajstić information content (AvgIpc) is 2.44. The number of benzene rings is 1. The molecule has 62 valence electrons. The summed E-state index contributed by atoms with van der Waals surface area (Å²) in [4.78, 5) is 0. The lowest BCUT2D eigenvalue weighted by atomic mass is 10.1. The second kappa shape index (κ2) is 2.64. The third-order valence-electron chi connectivity index (χ3n) is 1.97.